The molecule has 3 aromatic rings. The molecular formula is C23H21N3O3. The van der Waals surface area contributed by atoms with Crippen LogP contribution in [-0.2, 0) is 16.1 Å². The molecule has 6 heteroatoms. The third-order valence-corrected chi connectivity index (χ3v) is 5.03. The Balaban J connectivity index is 1.74. The van der Waals surface area contributed by atoms with E-state index in [4.69, 9.17) is 4.74 Å². The van der Waals surface area contributed by atoms with E-state index in [0.29, 0.717) is 17.0 Å². The summed E-state index contributed by atoms with van der Waals surface area (Å²) in [5.74, 6) is 0.398. The van der Waals surface area contributed by atoms with Gasteiger partial charge in [-0.3, -0.25) is 14.6 Å². The summed E-state index contributed by atoms with van der Waals surface area (Å²) >= 11 is 0. The van der Waals surface area contributed by atoms with Crippen molar-refractivity contribution in [1.29, 1.82) is 0 Å². The van der Waals surface area contributed by atoms with Crippen LogP contribution in [0.4, 0.5) is 5.69 Å². The molecule has 0 aliphatic carbocycles. The standard InChI is InChI=1S/C23H21N3O3/c1-29-20-12-6-5-8-18(20)15-26-21(27)16-25(19-10-3-2-4-11-19)23(28)22(26)17-9-7-13-24-14-17/h2-14,22H,15-16H2,1H3. The highest BCUT2D eigenvalue weighted by molar-refractivity contribution is 6.06. The van der Waals surface area contributed by atoms with Gasteiger partial charge < -0.3 is 14.5 Å². The molecule has 1 atom stereocenters. The number of piperazine rings is 1. The van der Waals surface area contributed by atoms with Crippen LogP contribution in [0.1, 0.15) is 17.2 Å². The number of amides is 2. The third kappa shape index (κ3) is 3.69. The SMILES string of the molecule is COc1ccccc1CN1C(=O)CN(c2ccccc2)C(=O)C1c1cccnc1. The zero-order valence-electron chi connectivity index (χ0n) is 16.1. The predicted molar refractivity (Wildman–Crippen MR) is 109 cm³/mol. The lowest BCUT2D eigenvalue weighted by Crippen LogP contribution is -2.55. The number of pyridine rings is 1. The molecule has 0 N–H and O–H groups in total. The summed E-state index contributed by atoms with van der Waals surface area (Å²) in [4.78, 5) is 34.0. The van der Waals surface area contributed by atoms with Crippen LogP contribution in [-0.4, -0.2) is 35.4 Å². The first-order chi connectivity index (χ1) is 14.2. The average molecular weight is 387 g/mol. The van der Waals surface area contributed by atoms with Crippen LogP contribution in [0.5, 0.6) is 5.75 Å². The van der Waals surface area contributed by atoms with Gasteiger partial charge in [0, 0.05) is 29.2 Å². The Morgan fingerprint density at radius 2 is 1.76 bits per heavy atom. The topological polar surface area (TPSA) is 62.7 Å². The molecule has 146 valence electrons. The molecule has 2 amide bonds. The largest absolute Gasteiger partial charge is 0.496 e. The maximum atomic E-state index is 13.5. The minimum atomic E-state index is -0.755. The second kappa shape index (κ2) is 8.14. The fourth-order valence-corrected chi connectivity index (χ4v) is 3.61. The number of carbonyl (C=O) groups is 2. The van der Waals surface area contributed by atoms with Gasteiger partial charge in [0.25, 0.3) is 5.91 Å². The van der Waals surface area contributed by atoms with Gasteiger partial charge in [0.15, 0.2) is 0 Å². The number of benzene rings is 2. The van der Waals surface area contributed by atoms with E-state index < -0.39 is 6.04 Å². The molecule has 0 spiro atoms. The van der Waals surface area contributed by atoms with Crippen molar-refractivity contribution in [2.75, 3.05) is 18.6 Å². The predicted octanol–water partition coefficient (Wildman–Crippen LogP) is 3.21. The van der Waals surface area contributed by atoms with Crippen LogP contribution in [0.3, 0.4) is 0 Å². The molecule has 29 heavy (non-hydrogen) atoms. The first-order valence-corrected chi connectivity index (χ1v) is 9.37. The van der Waals surface area contributed by atoms with Crippen molar-refractivity contribution in [2.24, 2.45) is 0 Å². The van der Waals surface area contributed by atoms with Gasteiger partial charge in [0.1, 0.15) is 18.3 Å². The second-order valence-electron chi connectivity index (χ2n) is 6.78. The summed E-state index contributed by atoms with van der Waals surface area (Å²) in [7, 11) is 1.59. The monoisotopic (exact) mass is 387 g/mol. The summed E-state index contributed by atoms with van der Waals surface area (Å²) in [6, 6.07) is 19.6. The number of hydrogen-bond acceptors (Lipinski definition) is 4. The summed E-state index contributed by atoms with van der Waals surface area (Å²) in [5.41, 5.74) is 2.23. The van der Waals surface area contributed by atoms with Gasteiger partial charge in [-0.15, -0.1) is 0 Å². The summed E-state index contributed by atoms with van der Waals surface area (Å²) in [6.45, 7) is 0.269. The van der Waals surface area contributed by atoms with E-state index in [1.165, 1.54) is 0 Å². The molecular weight excluding hydrogens is 366 g/mol. The molecule has 2 aromatic carbocycles. The Morgan fingerprint density at radius 1 is 1.00 bits per heavy atom. The number of para-hydroxylation sites is 2. The Labute approximate surface area is 169 Å². The number of methoxy groups -OCH3 is 1. The molecule has 0 bridgehead atoms. The van der Waals surface area contributed by atoms with E-state index in [2.05, 4.69) is 4.98 Å². The lowest BCUT2D eigenvalue weighted by atomic mass is 10.0. The maximum absolute atomic E-state index is 13.5. The number of hydrogen-bond donors (Lipinski definition) is 0. The van der Waals surface area contributed by atoms with Gasteiger partial charge in [0.05, 0.1) is 13.7 Å². The number of rotatable bonds is 5. The number of nitrogens with zero attached hydrogens (tertiary/aromatic N) is 3. The van der Waals surface area contributed by atoms with Crippen molar-refractivity contribution in [2.45, 2.75) is 12.6 Å². The highest BCUT2D eigenvalue weighted by atomic mass is 16.5. The summed E-state index contributed by atoms with van der Waals surface area (Å²) < 4.78 is 5.43. The van der Waals surface area contributed by atoms with Crippen molar-refractivity contribution < 1.29 is 14.3 Å². The fourth-order valence-electron chi connectivity index (χ4n) is 3.61. The molecule has 1 aromatic heterocycles. The van der Waals surface area contributed by atoms with Crippen LogP contribution >= 0.6 is 0 Å². The van der Waals surface area contributed by atoms with E-state index in [1.807, 2.05) is 60.7 Å². The van der Waals surface area contributed by atoms with Crippen molar-refractivity contribution in [1.82, 2.24) is 9.88 Å². The summed E-state index contributed by atoms with van der Waals surface area (Å²) in [6.07, 6.45) is 3.29. The van der Waals surface area contributed by atoms with E-state index in [9.17, 15) is 9.59 Å². The van der Waals surface area contributed by atoms with Crippen molar-refractivity contribution in [3.8, 4) is 5.75 Å². The quantitative estimate of drug-likeness (QED) is 0.674. The van der Waals surface area contributed by atoms with Gasteiger partial charge in [-0.25, -0.2) is 0 Å². The molecule has 1 fully saturated rings. The molecule has 4 rings (SSSR count). The van der Waals surface area contributed by atoms with Crippen LogP contribution in [0.15, 0.2) is 79.1 Å². The first kappa shape index (κ1) is 18.7. The Kier molecular flexibility index (Phi) is 5.24. The van der Waals surface area contributed by atoms with E-state index in [-0.39, 0.29) is 24.9 Å². The Bertz CT molecular complexity index is 1010. The highest BCUT2D eigenvalue weighted by Gasteiger charge is 2.41. The minimum Gasteiger partial charge on any atom is -0.496 e. The lowest BCUT2D eigenvalue weighted by molar-refractivity contribution is -0.144. The molecule has 2 heterocycles. The number of aromatic nitrogens is 1. The number of ether oxygens (including phenoxy) is 1. The van der Waals surface area contributed by atoms with Crippen molar-refractivity contribution in [3.05, 3.63) is 90.3 Å². The van der Waals surface area contributed by atoms with Gasteiger partial charge in [-0.1, -0.05) is 42.5 Å². The van der Waals surface area contributed by atoms with Crippen LogP contribution in [0.25, 0.3) is 0 Å². The van der Waals surface area contributed by atoms with Crippen LogP contribution in [0.2, 0.25) is 0 Å². The number of anilines is 1. The van der Waals surface area contributed by atoms with Gasteiger partial charge >= 0.3 is 0 Å². The van der Waals surface area contributed by atoms with E-state index in [0.717, 1.165) is 5.56 Å². The van der Waals surface area contributed by atoms with E-state index in [1.54, 1.807) is 35.4 Å². The Hall–Kier alpha value is -3.67. The van der Waals surface area contributed by atoms with E-state index >= 15 is 0 Å². The molecule has 1 unspecified atom stereocenters. The number of carbonyl (C=O) groups excluding carboxylic acids is 2. The zero-order chi connectivity index (χ0) is 20.2. The molecule has 1 saturated heterocycles. The lowest BCUT2D eigenvalue weighted by Gasteiger charge is -2.40. The first-order valence-electron chi connectivity index (χ1n) is 9.37. The van der Waals surface area contributed by atoms with Crippen LogP contribution in [0, 0.1) is 0 Å². The second-order valence-corrected chi connectivity index (χ2v) is 6.78. The van der Waals surface area contributed by atoms with Gasteiger partial charge in [0.2, 0.25) is 5.91 Å². The molecule has 1 aliphatic heterocycles. The molecule has 6 nitrogen and oxygen atoms in total. The molecule has 1 aliphatic rings. The smallest absolute Gasteiger partial charge is 0.254 e. The minimum absolute atomic E-state index is 0.00520. The maximum Gasteiger partial charge on any atom is 0.254 e. The fraction of sp³-hybridized carbons (Fsp3) is 0.174. The van der Waals surface area contributed by atoms with Crippen molar-refractivity contribution >= 4 is 17.5 Å². The highest BCUT2D eigenvalue weighted by Crippen LogP contribution is 2.32. The molecule has 0 saturated carbocycles. The van der Waals surface area contributed by atoms with Gasteiger partial charge in [-0.2, -0.15) is 0 Å². The third-order valence-electron chi connectivity index (χ3n) is 5.03. The Morgan fingerprint density at radius 3 is 2.48 bits per heavy atom. The summed E-state index contributed by atoms with van der Waals surface area (Å²) in [5, 5.41) is 0. The van der Waals surface area contributed by atoms with Gasteiger partial charge in [-0.05, 0) is 24.3 Å². The van der Waals surface area contributed by atoms with Crippen LogP contribution < -0.4 is 9.64 Å². The molecule has 0 radical (unpaired) electrons. The van der Waals surface area contributed by atoms with Crippen molar-refractivity contribution in [3.63, 3.8) is 0 Å². The average Bonchev–Trinajstić information content (AvgIpc) is 2.77. The zero-order valence-corrected chi connectivity index (χ0v) is 16.1. The normalized spacial score (nSPS) is 16.8.